The van der Waals surface area contributed by atoms with Gasteiger partial charge < -0.3 is 20.3 Å². The summed E-state index contributed by atoms with van der Waals surface area (Å²) in [6.07, 6.45) is 3.52. The van der Waals surface area contributed by atoms with E-state index in [4.69, 9.17) is 4.74 Å². The van der Waals surface area contributed by atoms with Crippen LogP contribution in [0.5, 0.6) is 5.75 Å². The number of aryl methyl sites for hydroxylation is 1. The summed E-state index contributed by atoms with van der Waals surface area (Å²) in [5, 5.41) is 6.44. The van der Waals surface area contributed by atoms with E-state index in [0.29, 0.717) is 12.1 Å². The summed E-state index contributed by atoms with van der Waals surface area (Å²) in [5.74, 6) is 3.24. The van der Waals surface area contributed by atoms with E-state index >= 15 is 0 Å². The summed E-state index contributed by atoms with van der Waals surface area (Å²) in [6.45, 7) is 4.98. The number of hydrogen-bond donors (Lipinski definition) is 2. The van der Waals surface area contributed by atoms with Crippen molar-refractivity contribution < 1.29 is 9.53 Å². The van der Waals surface area contributed by atoms with Gasteiger partial charge in [0.2, 0.25) is 0 Å². The highest BCUT2D eigenvalue weighted by Crippen LogP contribution is 2.29. The standard InChI is InChI=1S/C22H28N4O2/c1-28-20-7-4-16(5-8-20)3-2-10-24-22(27)17-6-9-21(25-13-17)26-14-18-11-23-12-19(18)15-26/h4-9,13,18-19,23H,2-3,10-12,14-15H2,1H3,(H,24,27)/t18-,19+. The fourth-order valence-electron chi connectivity index (χ4n) is 4.14. The molecule has 2 aliphatic rings. The third-order valence-electron chi connectivity index (χ3n) is 5.81. The van der Waals surface area contributed by atoms with Crippen LogP contribution < -0.4 is 20.3 Å². The molecule has 2 saturated heterocycles. The van der Waals surface area contributed by atoms with Crippen LogP contribution in [-0.2, 0) is 6.42 Å². The lowest BCUT2D eigenvalue weighted by atomic mass is 10.0. The second-order valence-electron chi connectivity index (χ2n) is 7.70. The number of carbonyl (C=O) groups is 1. The molecular weight excluding hydrogens is 352 g/mol. The molecule has 6 heteroatoms. The van der Waals surface area contributed by atoms with Gasteiger partial charge in [-0.1, -0.05) is 12.1 Å². The van der Waals surface area contributed by atoms with E-state index in [-0.39, 0.29) is 5.91 Å². The Morgan fingerprint density at radius 2 is 1.93 bits per heavy atom. The fourth-order valence-corrected chi connectivity index (χ4v) is 4.14. The van der Waals surface area contributed by atoms with Crippen molar-refractivity contribution in [2.75, 3.05) is 44.7 Å². The molecule has 2 N–H and O–H groups in total. The zero-order valence-electron chi connectivity index (χ0n) is 16.4. The topological polar surface area (TPSA) is 66.5 Å². The molecule has 2 aliphatic heterocycles. The molecule has 0 unspecified atom stereocenters. The number of anilines is 1. The zero-order chi connectivity index (χ0) is 19.3. The SMILES string of the molecule is COc1ccc(CCCNC(=O)c2ccc(N3C[C@H]4CNC[C@H]4C3)nc2)cc1. The number of pyridine rings is 1. The monoisotopic (exact) mass is 380 g/mol. The van der Waals surface area contributed by atoms with Crippen LogP contribution in [0.15, 0.2) is 42.6 Å². The van der Waals surface area contributed by atoms with Crippen LogP contribution in [0.1, 0.15) is 22.3 Å². The molecule has 148 valence electrons. The van der Waals surface area contributed by atoms with E-state index in [1.54, 1.807) is 13.3 Å². The number of methoxy groups -OCH3 is 1. The minimum absolute atomic E-state index is 0.0590. The summed E-state index contributed by atoms with van der Waals surface area (Å²) >= 11 is 0. The predicted octanol–water partition coefficient (Wildman–Crippen LogP) is 2.11. The Morgan fingerprint density at radius 1 is 1.18 bits per heavy atom. The van der Waals surface area contributed by atoms with Crippen LogP contribution in [0.25, 0.3) is 0 Å². The summed E-state index contributed by atoms with van der Waals surface area (Å²) in [7, 11) is 1.67. The second-order valence-corrected chi connectivity index (χ2v) is 7.70. The molecule has 1 aromatic carbocycles. The molecule has 4 rings (SSSR count). The van der Waals surface area contributed by atoms with E-state index in [9.17, 15) is 4.79 Å². The first kappa shape index (κ1) is 18.7. The van der Waals surface area contributed by atoms with Gasteiger partial charge in [-0.15, -0.1) is 0 Å². The third-order valence-corrected chi connectivity index (χ3v) is 5.81. The Bertz CT molecular complexity index is 779. The van der Waals surface area contributed by atoms with Crippen LogP contribution in [0.2, 0.25) is 0 Å². The minimum Gasteiger partial charge on any atom is -0.497 e. The van der Waals surface area contributed by atoms with E-state index in [0.717, 1.165) is 62.4 Å². The maximum atomic E-state index is 12.3. The Hall–Kier alpha value is -2.60. The van der Waals surface area contributed by atoms with Crippen molar-refractivity contribution in [3.05, 3.63) is 53.7 Å². The summed E-state index contributed by atoms with van der Waals surface area (Å²) in [6, 6.07) is 11.9. The van der Waals surface area contributed by atoms with Gasteiger partial charge in [0.05, 0.1) is 12.7 Å². The number of aromatic nitrogens is 1. The lowest BCUT2D eigenvalue weighted by Crippen LogP contribution is -2.27. The number of ether oxygens (including phenoxy) is 1. The number of carbonyl (C=O) groups excluding carboxylic acids is 1. The van der Waals surface area contributed by atoms with Crippen LogP contribution in [-0.4, -0.2) is 50.7 Å². The molecule has 0 aliphatic carbocycles. The summed E-state index contributed by atoms with van der Waals surface area (Å²) < 4.78 is 5.17. The van der Waals surface area contributed by atoms with Crippen LogP contribution in [0.4, 0.5) is 5.82 Å². The highest BCUT2D eigenvalue weighted by Gasteiger charge is 2.36. The molecule has 2 atom stereocenters. The van der Waals surface area contributed by atoms with Crippen molar-refractivity contribution in [2.45, 2.75) is 12.8 Å². The van der Waals surface area contributed by atoms with Crippen molar-refractivity contribution >= 4 is 11.7 Å². The molecule has 0 bridgehead atoms. The summed E-state index contributed by atoms with van der Waals surface area (Å²) in [5.41, 5.74) is 1.86. The number of nitrogens with zero attached hydrogens (tertiary/aromatic N) is 2. The molecule has 3 heterocycles. The van der Waals surface area contributed by atoms with E-state index < -0.39 is 0 Å². The zero-order valence-corrected chi connectivity index (χ0v) is 16.4. The maximum Gasteiger partial charge on any atom is 0.252 e. The quantitative estimate of drug-likeness (QED) is 0.720. The smallest absolute Gasteiger partial charge is 0.252 e. The molecule has 1 aromatic heterocycles. The van der Waals surface area contributed by atoms with E-state index in [1.807, 2.05) is 24.3 Å². The van der Waals surface area contributed by atoms with Gasteiger partial charge in [0.1, 0.15) is 11.6 Å². The molecule has 0 radical (unpaired) electrons. The normalized spacial score (nSPS) is 20.8. The fraction of sp³-hybridized carbons (Fsp3) is 0.455. The van der Waals surface area contributed by atoms with Gasteiger partial charge >= 0.3 is 0 Å². The van der Waals surface area contributed by atoms with Gasteiger partial charge in [-0.25, -0.2) is 4.98 Å². The Kier molecular flexibility index (Phi) is 5.76. The molecule has 1 amide bonds. The maximum absolute atomic E-state index is 12.3. The summed E-state index contributed by atoms with van der Waals surface area (Å²) in [4.78, 5) is 19.2. The second kappa shape index (κ2) is 8.61. The average Bonchev–Trinajstić information content (AvgIpc) is 3.34. The Balaban J connectivity index is 1.22. The lowest BCUT2D eigenvalue weighted by Gasteiger charge is -2.18. The van der Waals surface area contributed by atoms with Gasteiger partial charge in [-0.2, -0.15) is 0 Å². The van der Waals surface area contributed by atoms with E-state index in [1.165, 1.54) is 5.56 Å². The van der Waals surface area contributed by atoms with Crippen molar-refractivity contribution in [3.8, 4) is 5.75 Å². The Morgan fingerprint density at radius 3 is 2.57 bits per heavy atom. The average molecular weight is 380 g/mol. The first-order valence-electron chi connectivity index (χ1n) is 10.1. The number of amides is 1. The van der Waals surface area contributed by atoms with Gasteiger partial charge in [0.15, 0.2) is 0 Å². The molecule has 2 aromatic rings. The van der Waals surface area contributed by atoms with Crippen molar-refractivity contribution in [1.29, 1.82) is 0 Å². The predicted molar refractivity (Wildman–Crippen MR) is 110 cm³/mol. The molecular formula is C22H28N4O2. The van der Waals surface area contributed by atoms with Crippen LogP contribution >= 0.6 is 0 Å². The highest BCUT2D eigenvalue weighted by molar-refractivity contribution is 5.94. The van der Waals surface area contributed by atoms with Crippen molar-refractivity contribution in [3.63, 3.8) is 0 Å². The van der Waals surface area contributed by atoms with Gasteiger partial charge in [0, 0.05) is 38.9 Å². The highest BCUT2D eigenvalue weighted by atomic mass is 16.5. The molecule has 0 spiro atoms. The van der Waals surface area contributed by atoms with Gasteiger partial charge in [0.25, 0.3) is 5.91 Å². The third kappa shape index (κ3) is 4.28. The first-order valence-corrected chi connectivity index (χ1v) is 10.1. The molecule has 2 fully saturated rings. The number of rotatable bonds is 7. The lowest BCUT2D eigenvalue weighted by molar-refractivity contribution is 0.0953. The van der Waals surface area contributed by atoms with Crippen LogP contribution in [0, 0.1) is 11.8 Å². The number of hydrogen-bond acceptors (Lipinski definition) is 5. The number of benzene rings is 1. The number of nitrogens with one attached hydrogen (secondary N) is 2. The van der Waals surface area contributed by atoms with Crippen molar-refractivity contribution in [2.24, 2.45) is 11.8 Å². The van der Waals surface area contributed by atoms with E-state index in [2.05, 4.69) is 32.7 Å². The molecule has 28 heavy (non-hydrogen) atoms. The minimum atomic E-state index is -0.0590. The molecule has 0 saturated carbocycles. The van der Waals surface area contributed by atoms with Crippen LogP contribution in [0.3, 0.4) is 0 Å². The molecule has 6 nitrogen and oxygen atoms in total. The van der Waals surface area contributed by atoms with Crippen molar-refractivity contribution in [1.82, 2.24) is 15.6 Å². The van der Waals surface area contributed by atoms with Gasteiger partial charge in [-0.05, 0) is 54.5 Å². The van der Waals surface area contributed by atoms with Gasteiger partial charge in [-0.3, -0.25) is 4.79 Å². The Labute approximate surface area is 166 Å². The largest absolute Gasteiger partial charge is 0.497 e. The first-order chi connectivity index (χ1) is 13.7. The number of fused-ring (bicyclic) bond motifs is 1.